The van der Waals surface area contributed by atoms with Crippen LogP contribution in [0.2, 0.25) is 0 Å². The number of hydrogen-bond acceptors (Lipinski definition) is 4. The molecule has 0 fully saturated rings. The van der Waals surface area contributed by atoms with E-state index in [2.05, 4.69) is 0 Å². The van der Waals surface area contributed by atoms with E-state index >= 15 is 0 Å². The van der Waals surface area contributed by atoms with Gasteiger partial charge in [0, 0.05) is 5.56 Å². The Labute approximate surface area is 123 Å². The molecular formula is C14H19NO4S. The highest BCUT2D eigenvalue weighted by Crippen LogP contribution is 2.30. The van der Waals surface area contributed by atoms with Gasteiger partial charge in [0.15, 0.2) is 11.5 Å². The summed E-state index contributed by atoms with van der Waals surface area (Å²) in [6.07, 6.45) is 0. The van der Waals surface area contributed by atoms with Crippen molar-refractivity contribution >= 4 is 23.2 Å². The molecule has 5 nitrogen and oxygen atoms in total. The number of hydrogen-bond donors (Lipinski definition) is 2. The summed E-state index contributed by atoms with van der Waals surface area (Å²) in [5.41, 5.74) is 5.26. The van der Waals surface area contributed by atoms with Crippen LogP contribution in [0.3, 0.4) is 0 Å². The lowest BCUT2D eigenvalue weighted by Crippen LogP contribution is -2.30. The van der Waals surface area contributed by atoms with Crippen molar-refractivity contribution in [3.05, 3.63) is 23.8 Å². The highest BCUT2D eigenvalue weighted by molar-refractivity contribution is 7.80. The average molecular weight is 297 g/mol. The molecule has 0 amide bonds. The molecule has 0 saturated heterocycles. The summed E-state index contributed by atoms with van der Waals surface area (Å²) in [6, 6.07) is 5.08. The summed E-state index contributed by atoms with van der Waals surface area (Å²) < 4.78 is 11.0. The lowest BCUT2D eigenvalue weighted by Gasteiger charge is -2.21. The van der Waals surface area contributed by atoms with Gasteiger partial charge in [-0.2, -0.15) is 0 Å². The first-order valence-electron chi connectivity index (χ1n) is 6.20. The van der Waals surface area contributed by atoms with Gasteiger partial charge in [0.25, 0.3) is 0 Å². The van der Waals surface area contributed by atoms with Crippen LogP contribution in [0, 0.1) is 5.41 Å². The normalized spacial score (nSPS) is 10.9. The van der Waals surface area contributed by atoms with Crippen molar-refractivity contribution in [1.29, 1.82) is 0 Å². The Morgan fingerprint density at radius 2 is 2.00 bits per heavy atom. The minimum absolute atomic E-state index is 0.0365. The van der Waals surface area contributed by atoms with Gasteiger partial charge in [-0.15, -0.1) is 0 Å². The van der Waals surface area contributed by atoms with Gasteiger partial charge < -0.3 is 20.3 Å². The van der Waals surface area contributed by atoms with Crippen LogP contribution in [0.1, 0.15) is 26.3 Å². The molecule has 110 valence electrons. The van der Waals surface area contributed by atoms with Gasteiger partial charge in [-0.3, -0.25) is 4.79 Å². The van der Waals surface area contributed by atoms with Crippen LogP contribution in [-0.4, -0.2) is 29.3 Å². The molecule has 0 radical (unpaired) electrons. The Hall–Kier alpha value is -1.82. The zero-order chi connectivity index (χ0) is 15.3. The van der Waals surface area contributed by atoms with E-state index in [0.29, 0.717) is 23.7 Å². The van der Waals surface area contributed by atoms with Crippen LogP contribution < -0.4 is 15.2 Å². The molecule has 0 aliphatic heterocycles. The number of benzene rings is 1. The van der Waals surface area contributed by atoms with Crippen molar-refractivity contribution < 1.29 is 19.4 Å². The maximum absolute atomic E-state index is 11.1. The second kappa shape index (κ2) is 6.56. The molecule has 0 spiro atoms. The Morgan fingerprint density at radius 1 is 1.35 bits per heavy atom. The van der Waals surface area contributed by atoms with Crippen LogP contribution in [0.5, 0.6) is 11.5 Å². The number of nitrogens with two attached hydrogens (primary N) is 1. The van der Waals surface area contributed by atoms with Crippen molar-refractivity contribution in [2.24, 2.45) is 11.1 Å². The maximum atomic E-state index is 11.1. The third-order valence-corrected chi connectivity index (χ3v) is 2.93. The first kappa shape index (κ1) is 16.2. The molecule has 0 unspecified atom stereocenters. The number of rotatable bonds is 7. The fraction of sp³-hybridized carbons (Fsp3) is 0.429. The first-order valence-corrected chi connectivity index (χ1v) is 6.61. The minimum Gasteiger partial charge on any atom is -0.490 e. The fourth-order valence-electron chi connectivity index (χ4n) is 1.37. The molecule has 0 atom stereocenters. The zero-order valence-corrected chi connectivity index (χ0v) is 12.6. The summed E-state index contributed by atoms with van der Waals surface area (Å²) in [6.45, 7) is 5.53. The van der Waals surface area contributed by atoms with E-state index < -0.39 is 11.4 Å². The van der Waals surface area contributed by atoms with Gasteiger partial charge in [-0.25, -0.2) is 0 Å². The third-order valence-electron chi connectivity index (χ3n) is 2.70. The van der Waals surface area contributed by atoms with Gasteiger partial charge in [0.2, 0.25) is 0 Å². The molecule has 0 heterocycles. The first-order chi connectivity index (χ1) is 9.27. The Morgan fingerprint density at radius 3 is 2.50 bits per heavy atom. The summed E-state index contributed by atoms with van der Waals surface area (Å²) in [5, 5.41) is 9.06. The second-order valence-corrected chi connectivity index (χ2v) is 5.38. The summed E-state index contributed by atoms with van der Waals surface area (Å²) in [5.74, 6) is 0.0513. The predicted octanol–water partition coefficient (Wildman–Crippen LogP) is 2.21. The van der Waals surface area contributed by atoms with Crippen molar-refractivity contribution in [3.8, 4) is 11.5 Å². The molecule has 1 aromatic rings. The molecule has 20 heavy (non-hydrogen) atoms. The quantitative estimate of drug-likeness (QED) is 0.751. The van der Waals surface area contributed by atoms with Crippen molar-refractivity contribution in [2.75, 3.05) is 13.2 Å². The SMILES string of the molecule is CCOc1cc(C(N)=S)ccc1OCC(C)(C)C(=O)O. The number of thiocarbonyl (C=S) groups is 1. The van der Waals surface area contributed by atoms with Crippen LogP contribution >= 0.6 is 12.2 Å². The molecule has 0 aliphatic carbocycles. The van der Waals surface area contributed by atoms with Gasteiger partial charge >= 0.3 is 5.97 Å². The van der Waals surface area contributed by atoms with E-state index in [-0.39, 0.29) is 11.6 Å². The predicted molar refractivity (Wildman–Crippen MR) is 80.4 cm³/mol. The highest BCUT2D eigenvalue weighted by Gasteiger charge is 2.28. The number of carboxylic acids is 1. The average Bonchev–Trinajstić information content (AvgIpc) is 2.37. The zero-order valence-electron chi connectivity index (χ0n) is 11.8. The summed E-state index contributed by atoms with van der Waals surface area (Å²) >= 11 is 4.91. The highest BCUT2D eigenvalue weighted by atomic mass is 32.1. The van der Waals surface area contributed by atoms with Crippen LogP contribution in [-0.2, 0) is 4.79 Å². The number of carboxylic acid groups (broad SMARTS) is 1. The maximum Gasteiger partial charge on any atom is 0.312 e. The topological polar surface area (TPSA) is 81.8 Å². The molecule has 0 aromatic heterocycles. The van der Waals surface area contributed by atoms with Crippen LogP contribution in [0.25, 0.3) is 0 Å². The van der Waals surface area contributed by atoms with Gasteiger partial charge in [0.1, 0.15) is 11.6 Å². The monoisotopic (exact) mass is 297 g/mol. The van der Waals surface area contributed by atoms with Gasteiger partial charge in [0.05, 0.1) is 12.0 Å². The lowest BCUT2D eigenvalue weighted by molar-refractivity contribution is -0.148. The smallest absolute Gasteiger partial charge is 0.312 e. The van der Waals surface area contributed by atoms with Gasteiger partial charge in [-0.05, 0) is 39.0 Å². The Balaban J connectivity index is 2.94. The fourth-order valence-corrected chi connectivity index (χ4v) is 1.50. The summed E-state index contributed by atoms with van der Waals surface area (Å²) in [4.78, 5) is 11.3. The number of ether oxygens (including phenoxy) is 2. The molecule has 0 saturated carbocycles. The van der Waals surface area contributed by atoms with E-state index in [0.717, 1.165) is 0 Å². The molecule has 1 rings (SSSR count). The second-order valence-electron chi connectivity index (χ2n) is 4.94. The van der Waals surface area contributed by atoms with E-state index in [1.54, 1.807) is 32.0 Å². The van der Waals surface area contributed by atoms with Crippen molar-refractivity contribution in [2.45, 2.75) is 20.8 Å². The number of aliphatic carboxylic acids is 1. The van der Waals surface area contributed by atoms with E-state index in [9.17, 15) is 4.79 Å². The van der Waals surface area contributed by atoms with E-state index in [1.165, 1.54) is 0 Å². The van der Waals surface area contributed by atoms with Crippen LogP contribution in [0.4, 0.5) is 0 Å². The Bertz CT molecular complexity index is 514. The van der Waals surface area contributed by atoms with E-state index in [4.69, 9.17) is 32.5 Å². The van der Waals surface area contributed by atoms with Crippen molar-refractivity contribution in [1.82, 2.24) is 0 Å². The molecule has 3 N–H and O–H groups in total. The molecule has 6 heteroatoms. The van der Waals surface area contributed by atoms with E-state index in [1.807, 2.05) is 6.92 Å². The molecular weight excluding hydrogens is 278 g/mol. The van der Waals surface area contributed by atoms with Crippen molar-refractivity contribution in [3.63, 3.8) is 0 Å². The largest absolute Gasteiger partial charge is 0.490 e. The molecule has 0 bridgehead atoms. The third kappa shape index (κ3) is 4.09. The van der Waals surface area contributed by atoms with Gasteiger partial charge in [-0.1, -0.05) is 12.2 Å². The number of carbonyl (C=O) groups is 1. The standard InChI is InChI=1S/C14H19NO4S/c1-4-18-11-7-9(12(15)20)5-6-10(11)19-8-14(2,3)13(16)17/h5-7H,4,8H2,1-3H3,(H2,15,20)(H,16,17). The molecule has 0 aliphatic rings. The molecule has 1 aromatic carbocycles. The van der Waals surface area contributed by atoms with Crippen LogP contribution in [0.15, 0.2) is 18.2 Å². The minimum atomic E-state index is -0.981. The Kier molecular flexibility index (Phi) is 5.33. The lowest BCUT2D eigenvalue weighted by atomic mass is 9.95. The summed E-state index contributed by atoms with van der Waals surface area (Å²) in [7, 11) is 0.